The van der Waals surface area contributed by atoms with Gasteiger partial charge in [-0.1, -0.05) is 36.4 Å². The summed E-state index contributed by atoms with van der Waals surface area (Å²) in [6.07, 6.45) is 0. The van der Waals surface area contributed by atoms with Crippen LogP contribution in [0.3, 0.4) is 0 Å². The lowest BCUT2D eigenvalue weighted by atomic mass is 10.3. The molecule has 1 heteroatoms. The van der Waals surface area contributed by atoms with Gasteiger partial charge in [0, 0.05) is 0 Å². The Bertz CT molecular complexity index is 341. The molecule has 2 aromatic carbocycles. The van der Waals surface area contributed by atoms with E-state index in [-0.39, 0.29) is 0 Å². The van der Waals surface area contributed by atoms with Crippen molar-refractivity contribution in [3.63, 3.8) is 0 Å². The molecule has 2 rings (SSSR count). The Balaban J connectivity index is 0.000000581. The van der Waals surface area contributed by atoms with Crippen molar-refractivity contribution in [2.24, 2.45) is 0 Å². The Morgan fingerprint density at radius 3 is 1.12 bits per heavy atom. The SMILES string of the molecule is C=C.C=C.c1ccc(Oc2ccccc2)cc1. The van der Waals surface area contributed by atoms with Crippen LogP contribution in [-0.4, -0.2) is 0 Å². The largest absolute Gasteiger partial charge is 0.457 e. The van der Waals surface area contributed by atoms with Crippen molar-refractivity contribution < 1.29 is 4.74 Å². The van der Waals surface area contributed by atoms with E-state index in [2.05, 4.69) is 26.3 Å². The number of hydrogen-bond donors (Lipinski definition) is 0. The van der Waals surface area contributed by atoms with Crippen LogP contribution in [0.15, 0.2) is 87.0 Å². The van der Waals surface area contributed by atoms with Crippen molar-refractivity contribution in [3.8, 4) is 11.5 Å². The summed E-state index contributed by atoms with van der Waals surface area (Å²) in [6, 6.07) is 19.5. The fraction of sp³-hybridized carbons (Fsp3) is 0. The van der Waals surface area contributed by atoms with Gasteiger partial charge >= 0.3 is 0 Å². The average Bonchev–Trinajstić information content (AvgIpc) is 2.45. The molecule has 0 atom stereocenters. The van der Waals surface area contributed by atoms with Crippen LogP contribution in [0.5, 0.6) is 11.5 Å². The predicted octanol–water partition coefficient (Wildman–Crippen LogP) is 5.08. The molecule has 0 heterocycles. The van der Waals surface area contributed by atoms with Crippen molar-refractivity contribution in [2.45, 2.75) is 0 Å². The highest BCUT2D eigenvalue weighted by Crippen LogP contribution is 2.19. The summed E-state index contributed by atoms with van der Waals surface area (Å²) >= 11 is 0. The van der Waals surface area contributed by atoms with Crippen LogP contribution in [0, 0.1) is 0 Å². The minimum Gasteiger partial charge on any atom is -0.457 e. The van der Waals surface area contributed by atoms with E-state index in [1.54, 1.807) is 0 Å². The van der Waals surface area contributed by atoms with Crippen LogP contribution >= 0.6 is 0 Å². The van der Waals surface area contributed by atoms with Gasteiger partial charge in [0.15, 0.2) is 0 Å². The molecule has 0 aliphatic rings. The quantitative estimate of drug-likeness (QED) is 0.648. The highest BCUT2D eigenvalue weighted by molar-refractivity contribution is 5.30. The summed E-state index contributed by atoms with van der Waals surface area (Å²) in [5.41, 5.74) is 0. The van der Waals surface area contributed by atoms with Crippen molar-refractivity contribution in [3.05, 3.63) is 87.0 Å². The summed E-state index contributed by atoms with van der Waals surface area (Å²) in [7, 11) is 0. The first-order valence-electron chi connectivity index (χ1n) is 5.23. The highest BCUT2D eigenvalue weighted by atomic mass is 16.5. The van der Waals surface area contributed by atoms with Crippen LogP contribution in [-0.2, 0) is 0 Å². The zero-order valence-electron chi connectivity index (χ0n) is 10.0. The van der Waals surface area contributed by atoms with E-state index in [4.69, 9.17) is 4.74 Å². The van der Waals surface area contributed by atoms with Crippen molar-refractivity contribution in [1.29, 1.82) is 0 Å². The first-order chi connectivity index (χ1) is 8.45. The third-order valence-electron chi connectivity index (χ3n) is 1.72. The third-order valence-corrected chi connectivity index (χ3v) is 1.72. The molecule has 0 bridgehead atoms. The molecule has 0 aliphatic heterocycles. The van der Waals surface area contributed by atoms with Gasteiger partial charge in [-0.15, -0.1) is 26.3 Å². The van der Waals surface area contributed by atoms with Gasteiger partial charge in [0.25, 0.3) is 0 Å². The summed E-state index contributed by atoms with van der Waals surface area (Å²) in [4.78, 5) is 0. The van der Waals surface area contributed by atoms with Crippen molar-refractivity contribution in [1.82, 2.24) is 0 Å². The topological polar surface area (TPSA) is 9.23 Å². The highest BCUT2D eigenvalue weighted by Gasteiger charge is 1.92. The summed E-state index contributed by atoms with van der Waals surface area (Å²) in [5, 5.41) is 0. The standard InChI is InChI=1S/C12H10O.2C2H4/c1-3-7-11(8-4-1)13-12-9-5-2-6-10-12;2*1-2/h1-10H;2*1-2H2. The van der Waals surface area contributed by atoms with Gasteiger partial charge < -0.3 is 4.74 Å². The molecule has 0 fully saturated rings. The van der Waals surface area contributed by atoms with E-state index in [9.17, 15) is 0 Å². The Morgan fingerprint density at radius 1 is 0.529 bits per heavy atom. The number of rotatable bonds is 2. The molecule has 0 aromatic heterocycles. The molecule has 1 nitrogen and oxygen atoms in total. The maximum Gasteiger partial charge on any atom is 0.127 e. The van der Waals surface area contributed by atoms with Crippen LogP contribution < -0.4 is 4.74 Å². The second kappa shape index (κ2) is 10.2. The molecular weight excluding hydrogens is 208 g/mol. The lowest BCUT2D eigenvalue weighted by Crippen LogP contribution is -1.81. The minimum atomic E-state index is 0.869. The number of benzene rings is 2. The van der Waals surface area contributed by atoms with E-state index >= 15 is 0 Å². The molecule has 0 amide bonds. The molecule has 0 N–H and O–H groups in total. The summed E-state index contributed by atoms with van der Waals surface area (Å²) < 4.78 is 5.58. The van der Waals surface area contributed by atoms with E-state index < -0.39 is 0 Å². The number of ether oxygens (including phenoxy) is 1. The van der Waals surface area contributed by atoms with Crippen LogP contribution in [0.1, 0.15) is 0 Å². The summed E-state index contributed by atoms with van der Waals surface area (Å²) in [5.74, 6) is 1.74. The smallest absolute Gasteiger partial charge is 0.127 e. The van der Waals surface area contributed by atoms with E-state index in [1.807, 2.05) is 60.7 Å². The van der Waals surface area contributed by atoms with E-state index in [1.165, 1.54) is 0 Å². The van der Waals surface area contributed by atoms with Crippen LogP contribution in [0.2, 0.25) is 0 Å². The monoisotopic (exact) mass is 226 g/mol. The molecule has 0 aliphatic carbocycles. The third kappa shape index (κ3) is 6.00. The molecule has 0 radical (unpaired) electrons. The first-order valence-corrected chi connectivity index (χ1v) is 5.23. The molecule has 88 valence electrons. The van der Waals surface area contributed by atoms with Crippen LogP contribution in [0.4, 0.5) is 0 Å². The fourth-order valence-electron chi connectivity index (χ4n) is 1.11. The first kappa shape index (κ1) is 14.7. The minimum absolute atomic E-state index is 0.869. The van der Waals surface area contributed by atoms with Crippen molar-refractivity contribution >= 4 is 0 Å². The van der Waals surface area contributed by atoms with Gasteiger partial charge in [0.1, 0.15) is 11.5 Å². The Kier molecular flexibility index (Phi) is 8.87. The molecule has 2 aromatic rings. The van der Waals surface area contributed by atoms with Gasteiger partial charge in [-0.25, -0.2) is 0 Å². The predicted molar refractivity (Wildman–Crippen MR) is 75.5 cm³/mol. The Morgan fingerprint density at radius 2 is 0.824 bits per heavy atom. The summed E-state index contributed by atoms with van der Waals surface area (Å²) in [6.45, 7) is 12.0. The molecule has 0 saturated carbocycles. The van der Waals surface area contributed by atoms with Crippen LogP contribution in [0.25, 0.3) is 0 Å². The normalized spacial score (nSPS) is 7.76. The van der Waals surface area contributed by atoms with Gasteiger partial charge in [-0.3, -0.25) is 0 Å². The molecular formula is C16H18O. The molecule has 0 unspecified atom stereocenters. The van der Waals surface area contributed by atoms with E-state index in [0.29, 0.717) is 0 Å². The lowest BCUT2D eigenvalue weighted by molar-refractivity contribution is 0.482. The van der Waals surface area contributed by atoms with Gasteiger partial charge in [0.2, 0.25) is 0 Å². The number of hydrogen-bond acceptors (Lipinski definition) is 1. The van der Waals surface area contributed by atoms with Crippen molar-refractivity contribution in [2.75, 3.05) is 0 Å². The second-order valence-electron chi connectivity index (χ2n) is 2.73. The average molecular weight is 226 g/mol. The molecule has 17 heavy (non-hydrogen) atoms. The van der Waals surface area contributed by atoms with Gasteiger partial charge in [-0.2, -0.15) is 0 Å². The molecule has 0 spiro atoms. The zero-order chi connectivity index (χ0) is 12.9. The Hall–Kier alpha value is -2.28. The Labute approximate surface area is 104 Å². The fourth-order valence-corrected chi connectivity index (χ4v) is 1.11. The maximum absolute atomic E-state index is 5.58. The van der Waals surface area contributed by atoms with Gasteiger partial charge in [0.05, 0.1) is 0 Å². The maximum atomic E-state index is 5.58. The number of para-hydroxylation sites is 2. The molecule has 0 saturated heterocycles. The van der Waals surface area contributed by atoms with E-state index in [0.717, 1.165) is 11.5 Å². The second-order valence-corrected chi connectivity index (χ2v) is 2.73. The van der Waals surface area contributed by atoms with Gasteiger partial charge in [-0.05, 0) is 24.3 Å². The lowest BCUT2D eigenvalue weighted by Gasteiger charge is -2.03. The zero-order valence-corrected chi connectivity index (χ0v) is 10.0.